The summed E-state index contributed by atoms with van der Waals surface area (Å²) in [6.07, 6.45) is 18.8. The molecule has 0 aromatic rings. The van der Waals surface area contributed by atoms with Gasteiger partial charge in [-0.25, -0.2) is 4.57 Å². The van der Waals surface area contributed by atoms with Crippen LogP contribution in [0.25, 0.3) is 0 Å². The van der Waals surface area contributed by atoms with Crippen molar-refractivity contribution in [3.8, 4) is 0 Å². The van der Waals surface area contributed by atoms with E-state index in [1.54, 1.807) is 12.2 Å². The van der Waals surface area contributed by atoms with E-state index in [4.69, 9.17) is 18.5 Å². The maximum atomic E-state index is 12.8. The summed E-state index contributed by atoms with van der Waals surface area (Å²) in [6.45, 7) is 3.10. The van der Waals surface area contributed by atoms with Crippen molar-refractivity contribution in [1.82, 2.24) is 0 Å². The molecule has 336 valence electrons. The smallest absolute Gasteiger partial charge is 0.462 e. The minimum atomic E-state index is -5.15. The Morgan fingerprint density at radius 1 is 0.569 bits per heavy atom. The van der Waals surface area contributed by atoms with Crippen molar-refractivity contribution < 1.29 is 67.9 Å². The first kappa shape index (κ1) is 53.8. The molecule has 0 aromatic carbocycles. The number of carbonyl (C=O) groups excluding carboxylic acids is 3. The second-order valence-corrected chi connectivity index (χ2v) is 16.6. The molecule has 1 aliphatic carbocycles. The number of carbonyl (C=O) groups is 3. The number of aliphatic hydroxyl groups is 5. The number of esters is 2. The zero-order valence-electron chi connectivity index (χ0n) is 35.1. The number of ketones is 1. The molecule has 15 heteroatoms. The van der Waals surface area contributed by atoms with Crippen LogP contribution < -0.4 is 0 Å². The molecule has 58 heavy (non-hydrogen) atoms. The van der Waals surface area contributed by atoms with Crippen molar-refractivity contribution in [3.05, 3.63) is 36.5 Å². The first-order chi connectivity index (χ1) is 27.8. The van der Waals surface area contributed by atoms with Crippen molar-refractivity contribution in [2.75, 3.05) is 13.2 Å². The second kappa shape index (κ2) is 33.5. The van der Waals surface area contributed by atoms with Gasteiger partial charge in [-0.15, -0.1) is 0 Å². The minimum absolute atomic E-state index is 0.0112. The average molecular weight is 847 g/mol. The van der Waals surface area contributed by atoms with E-state index in [0.717, 1.165) is 70.6 Å². The average Bonchev–Trinajstić information content (AvgIpc) is 3.20. The summed E-state index contributed by atoms with van der Waals surface area (Å²) in [5.74, 6) is -1.14. The van der Waals surface area contributed by atoms with Gasteiger partial charge in [0.25, 0.3) is 0 Å². The number of ether oxygens (including phenoxy) is 2. The van der Waals surface area contributed by atoms with Crippen LogP contribution in [-0.2, 0) is 37.5 Å². The third-order valence-corrected chi connectivity index (χ3v) is 10.9. The number of unbranched alkanes of at least 4 members (excludes halogenated alkanes) is 16. The van der Waals surface area contributed by atoms with E-state index in [1.165, 1.54) is 38.5 Å². The largest absolute Gasteiger partial charge is 0.472 e. The lowest BCUT2D eigenvalue weighted by molar-refractivity contribution is -0.220. The van der Waals surface area contributed by atoms with Crippen LogP contribution in [0.2, 0.25) is 0 Å². The van der Waals surface area contributed by atoms with Gasteiger partial charge in [0.1, 0.15) is 43.2 Å². The van der Waals surface area contributed by atoms with Crippen LogP contribution in [0.4, 0.5) is 0 Å². The minimum Gasteiger partial charge on any atom is -0.462 e. The molecular formula is C43H75O14P. The van der Waals surface area contributed by atoms with E-state index in [0.29, 0.717) is 25.7 Å². The number of aliphatic hydroxyl groups excluding tert-OH is 5. The quantitative estimate of drug-likeness (QED) is 0.00942. The molecule has 14 nitrogen and oxygen atoms in total. The van der Waals surface area contributed by atoms with Gasteiger partial charge in [0.15, 0.2) is 11.9 Å². The lowest BCUT2D eigenvalue weighted by atomic mass is 9.85. The monoisotopic (exact) mass is 846 g/mol. The molecule has 3 unspecified atom stereocenters. The van der Waals surface area contributed by atoms with Gasteiger partial charge in [0.05, 0.1) is 6.61 Å². The van der Waals surface area contributed by atoms with Gasteiger partial charge in [0.2, 0.25) is 0 Å². The number of hydrogen-bond donors (Lipinski definition) is 6. The molecule has 0 radical (unpaired) electrons. The van der Waals surface area contributed by atoms with Crippen LogP contribution in [0.3, 0.4) is 0 Å². The van der Waals surface area contributed by atoms with Crippen LogP contribution in [0, 0.1) is 0 Å². The molecule has 0 saturated heterocycles. The van der Waals surface area contributed by atoms with E-state index in [-0.39, 0.29) is 18.6 Å². The number of phosphoric acid groups is 1. The van der Waals surface area contributed by atoms with Gasteiger partial charge in [-0.1, -0.05) is 115 Å². The van der Waals surface area contributed by atoms with Crippen LogP contribution in [0.1, 0.15) is 162 Å². The Morgan fingerprint density at radius 2 is 1.03 bits per heavy atom. The molecule has 0 amide bonds. The molecular weight excluding hydrogens is 771 g/mol. The summed E-state index contributed by atoms with van der Waals surface area (Å²) in [5.41, 5.74) is 0. The summed E-state index contributed by atoms with van der Waals surface area (Å²) in [6, 6.07) is 0. The molecule has 0 bridgehead atoms. The maximum Gasteiger partial charge on any atom is 0.472 e. The molecule has 1 aliphatic rings. The van der Waals surface area contributed by atoms with Crippen molar-refractivity contribution in [1.29, 1.82) is 0 Å². The van der Waals surface area contributed by atoms with Gasteiger partial charge in [-0.3, -0.25) is 23.4 Å². The SMILES string of the molecule is CCCCC/C=C\C=C\C(=O)CCCCCCCC(=O)O[C@H](COC(=O)CCCCCCC/C=C\CCCCCC)COP(=O)(O)OC1[C@H](O)[C@H](O)C(O)[C@H](O)[C@H]1O. The standard InChI is InChI=1S/C43H75O14P/c1-3-5-7-9-11-12-13-14-15-16-18-22-26-30-36(45)54-32-35(33-55-58(52,53)57-43-41(50)39(48)38(47)40(49)42(43)51)56-37(46)31-27-23-19-21-25-29-34(44)28-24-20-17-10-8-6-4-2/h12-13,17,20,24,28,35,38-43,47-51H,3-11,14-16,18-19,21-23,25-27,29-33H2,1-2H3,(H,52,53)/b13-12-,20-17-,28-24+/t35-,38?,39-,40+,41-,42-,43?/m1/s1. The highest BCUT2D eigenvalue weighted by atomic mass is 31.2. The highest BCUT2D eigenvalue weighted by Gasteiger charge is 2.51. The van der Waals surface area contributed by atoms with E-state index in [1.807, 2.05) is 6.08 Å². The fourth-order valence-corrected chi connectivity index (χ4v) is 7.29. The molecule has 1 fully saturated rings. The lowest BCUT2D eigenvalue weighted by Crippen LogP contribution is -2.64. The highest BCUT2D eigenvalue weighted by Crippen LogP contribution is 2.47. The molecule has 0 aromatic heterocycles. The van der Waals surface area contributed by atoms with E-state index in [2.05, 4.69) is 32.1 Å². The normalized spacial score (nSPS) is 22.8. The van der Waals surface area contributed by atoms with Crippen LogP contribution >= 0.6 is 7.82 Å². The van der Waals surface area contributed by atoms with Crippen LogP contribution in [0.5, 0.6) is 0 Å². The summed E-state index contributed by atoms with van der Waals surface area (Å²) in [7, 11) is -5.15. The topological polar surface area (TPSA) is 227 Å². The van der Waals surface area contributed by atoms with Crippen LogP contribution in [0.15, 0.2) is 36.5 Å². The fourth-order valence-electron chi connectivity index (χ4n) is 6.32. The third-order valence-electron chi connectivity index (χ3n) is 9.93. The van der Waals surface area contributed by atoms with Gasteiger partial charge < -0.3 is 39.9 Å². The van der Waals surface area contributed by atoms with Crippen LogP contribution in [-0.4, -0.2) is 104 Å². The molecule has 0 spiro atoms. The Hall–Kier alpha value is -2.26. The first-order valence-electron chi connectivity index (χ1n) is 21.7. The predicted molar refractivity (Wildman–Crippen MR) is 221 cm³/mol. The lowest BCUT2D eigenvalue weighted by Gasteiger charge is -2.41. The number of rotatable bonds is 35. The molecule has 0 heterocycles. The number of allylic oxidation sites excluding steroid dienone is 6. The van der Waals surface area contributed by atoms with Crippen molar-refractivity contribution >= 4 is 25.5 Å². The Kier molecular flexibility index (Phi) is 31.0. The molecule has 8 atom stereocenters. The zero-order valence-corrected chi connectivity index (χ0v) is 36.0. The van der Waals surface area contributed by atoms with Gasteiger partial charge in [-0.2, -0.15) is 0 Å². The zero-order chi connectivity index (χ0) is 43.0. The molecule has 0 aliphatic heterocycles. The second-order valence-electron chi connectivity index (χ2n) is 15.2. The Labute approximate surface area is 346 Å². The Bertz CT molecular complexity index is 1220. The Morgan fingerprint density at radius 3 is 1.64 bits per heavy atom. The predicted octanol–water partition coefficient (Wildman–Crippen LogP) is 7.01. The highest BCUT2D eigenvalue weighted by molar-refractivity contribution is 7.47. The van der Waals surface area contributed by atoms with Gasteiger partial charge in [-0.05, 0) is 63.9 Å². The van der Waals surface area contributed by atoms with Crippen molar-refractivity contribution in [2.45, 2.75) is 204 Å². The number of phosphoric ester groups is 1. The van der Waals surface area contributed by atoms with E-state index >= 15 is 0 Å². The molecule has 1 rings (SSSR count). The summed E-state index contributed by atoms with van der Waals surface area (Å²) in [4.78, 5) is 47.7. The summed E-state index contributed by atoms with van der Waals surface area (Å²) < 4.78 is 33.3. The van der Waals surface area contributed by atoms with E-state index in [9.17, 15) is 49.4 Å². The fraction of sp³-hybridized carbons (Fsp3) is 0.791. The van der Waals surface area contributed by atoms with E-state index < -0.39 is 75.7 Å². The van der Waals surface area contributed by atoms with Crippen molar-refractivity contribution in [2.24, 2.45) is 0 Å². The van der Waals surface area contributed by atoms with Crippen molar-refractivity contribution in [3.63, 3.8) is 0 Å². The summed E-state index contributed by atoms with van der Waals surface area (Å²) >= 11 is 0. The molecule has 6 N–H and O–H groups in total. The maximum absolute atomic E-state index is 12.8. The summed E-state index contributed by atoms with van der Waals surface area (Å²) in [5, 5.41) is 50.0. The van der Waals surface area contributed by atoms with Gasteiger partial charge in [0, 0.05) is 19.3 Å². The third kappa shape index (κ3) is 26.1. The first-order valence-corrected chi connectivity index (χ1v) is 23.2. The number of hydrogen-bond acceptors (Lipinski definition) is 13. The van der Waals surface area contributed by atoms with Gasteiger partial charge >= 0.3 is 19.8 Å². The molecule has 1 saturated carbocycles. The Balaban J connectivity index is 2.54.